The molecular formula is C37H48NO10S3+. The Balaban J connectivity index is 1.73. The molecule has 0 aromatic heterocycles. The van der Waals surface area contributed by atoms with Crippen LogP contribution in [0.4, 0.5) is 5.69 Å². The zero-order valence-corrected chi connectivity index (χ0v) is 32.1. The molecular weight excluding hydrogens is 715 g/mol. The molecule has 2 aromatic rings. The van der Waals surface area contributed by atoms with Crippen LogP contribution in [0.15, 0.2) is 82.1 Å². The molecule has 0 amide bonds. The molecule has 51 heavy (non-hydrogen) atoms. The highest BCUT2D eigenvalue weighted by Crippen LogP contribution is 2.52. The Labute approximate surface area is 302 Å². The first-order valence-electron chi connectivity index (χ1n) is 17.0. The van der Waals surface area contributed by atoms with Crippen LogP contribution in [0.2, 0.25) is 0 Å². The van der Waals surface area contributed by atoms with Crippen molar-refractivity contribution >= 4 is 47.5 Å². The second-order valence-corrected chi connectivity index (χ2v) is 18.5. The number of carbonyl (C=O) groups is 1. The van der Waals surface area contributed by atoms with Gasteiger partial charge in [-0.05, 0) is 74.9 Å². The molecule has 0 bridgehead atoms. The maximum absolute atomic E-state index is 12.1. The van der Waals surface area contributed by atoms with Gasteiger partial charge in [-0.25, -0.2) is 0 Å². The van der Waals surface area contributed by atoms with Crippen molar-refractivity contribution in [2.24, 2.45) is 0 Å². The van der Waals surface area contributed by atoms with Crippen molar-refractivity contribution in [3.8, 4) is 0 Å². The SMILES string of the molecule is CCC[N+]1=C(/C=C/C=C/C=C2\C(CCCS(=O)(=O)O)c3ccc(S(=O)(=O)O)cc3C2(C)C)C(C)(CCCCC(C)=O)c2cc(S(=O)(=O)O)ccc21. The van der Waals surface area contributed by atoms with Crippen LogP contribution in [0.25, 0.3) is 0 Å². The summed E-state index contributed by atoms with van der Waals surface area (Å²) in [5.41, 5.74) is 3.71. The number of benzene rings is 2. The summed E-state index contributed by atoms with van der Waals surface area (Å²) >= 11 is 0. The molecule has 0 saturated carbocycles. The van der Waals surface area contributed by atoms with Gasteiger partial charge in [-0.15, -0.1) is 0 Å². The number of Topliss-reactive ketones (excluding diaryl/α,β-unsaturated/α-hetero) is 1. The molecule has 1 heterocycles. The van der Waals surface area contributed by atoms with E-state index < -0.39 is 46.9 Å². The summed E-state index contributed by atoms with van der Waals surface area (Å²) in [7, 11) is -13.1. The zero-order chi connectivity index (χ0) is 38.0. The summed E-state index contributed by atoms with van der Waals surface area (Å²) in [6, 6.07) is 9.08. The van der Waals surface area contributed by atoms with Crippen LogP contribution in [0, 0.1) is 0 Å². The maximum Gasteiger partial charge on any atom is 0.294 e. The highest BCUT2D eigenvalue weighted by Gasteiger charge is 2.47. The number of hydrogen-bond acceptors (Lipinski definition) is 7. The van der Waals surface area contributed by atoms with E-state index in [0.717, 1.165) is 40.9 Å². The number of rotatable bonds is 16. The number of fused-ring (bicyclic) bond motifs is 2. The van der Waals surface area contributed by atoms with Crippen LogP contribution in [-0.2, 0) is 46.0 Å². The van der Waals surface area contributed by atoms with Gasteiger partial charge in [0.05, 0.1) is 21.0 Å². The molecule has 3 N–H and O–H groups in total. The molecule has 2 aromatic carbocycles. The Morgan fingerprint density at radius 2 is 1.47 bits per heavy atom. The summed E-state index contributed by atoms with van der Waals surface area (Å²) in [5.74, 6) is -0.581. The minimum absolute atomic E-state index is 0.102. The minimum atomic E-state index is -4.46. The lowest BCUT2D eigenvalue weighted by molar-refractivity contribution is -0.437. The number of nitrogens with zero attached hydrogens (tertiary/aromatic N) is 1. The first-order valence-corrected chi connectivity index (χ1v) is 21.5. The van der Waals surface area contributed by atoms with E-state index in [0.29, 0.717) is 37.8 Å². The van der Waals surface area contributed by atoms with E-state index in [1.165, 1.54) is 24.3 Å². The van der Waals surface area contributed by atoms with Crippen LogP contribution >= 0.6 is 0 Å². The monoisotopic (exact) mass is 762 g/mol. The van der Waals surface area contributed by atoms with Crippen LogP contribution in [0.3, 0.4) is 0 Å². The standard InChI is InChI=1S/C37H47NO10S3/c1-6-22-38-34-20-18-28(51(46,47)48)25-33(34)37(5,21-11-10-13-26(2)39)35(38)16-9-7-8-15-31-29(14-12-23-49(40,41)42)30-19-17-27(50(43,44)45)24-32(30)36(31,3)4/h7-9,15-20,24-25,29H,6,10-14,21-23H2,1-5H3,(H2-,40,41,42,43,44,45,46,47,48)/p+1/b8-7+,16-9+,31-15+. The van der Waals surface area contributed by atoms with Crippen molar-refractivity contribution < 1.29 is 48.3 Å². The largest absolute Gasteiger partial charge is 0.300 e. The molecule has 14 heteroatoms. The van der Waals surface area contributed by atoms with E-state index in [2.05, 4.69) is 11.5 Å². The Morgan fingerprint density at radius 1 is 0.843 bits per heavy atom. The van der Waals surface area contributed by atoms with Crippen LogP contribution < -0.4 is 0 Å². The smallest absolute Gasteiger partial charge is 0.294 e. The molecule has 2 atom stereocenters. The van der Waals surface area contributed by atoms with Gasteiger partial charge in [0.25, 0.3) is 30.4 Å². The number of ketones is 1. The molecule has 1 aliphatic heterocycles. The number of unbranched alkanes of at least 4 members (excludes halogenated alkanes) is 1. The second kappa shape index (κ2) is 15.4. The van der Waals surface area contributed by atoms with Gasteiger partial charge in [0.1, 0.15) is 12.3 Å². The third-order valence-corrected chi connectivity index (χ3v) is 12.5. The lowest BCUT2D eigenvalue weighted by Crippen LogP contribution is -2.31. The average Bonchev–Trinajstić information content (AvgIpc) is 3.37. The summed E-state index contributed by atoms with van der Waals surface area (Å²) in [4.78, 5) is 11.2. The van der Waals surface area contributed by atoms with Gasteiger partial charge >= 0.3 is 0 Å². The molecule has 0 spiro atoms. The van der Waals surface area contributed by atoms with E-state index >= 15 is 0 Å². The van der Waals surface area contributed by atoms with E-state index in [-0.39, 0.29) is 27.9 Å². The van der Waals surface area contributed by atoms with Crippen molar-refractivity contribution in [3.05, 3.63) is 89.0 Å². The number of carbonyl (C=O) groups excluding carboxylic acids is 1. The minimum Gasteiger partial charge on any atom is -0.300 e. The highest BCUT2D eigenvalue weighted by atomic mass is 32.2. The Morgan fingerprint density at radius 3 is 2.06 bits per heavy atom. The van der Waals surface area contributed by atoms with E-state index in [4.69, 9.17) is 0 Å². The Kier molecular flexibility index (Phi) is 12.2. The average molecular weight is 763 g/mol. The molecule has 0 saturated heterocycles. The van der Waals surface area contributed by atoms with Crippen molar-refractivity contribution in [1.29, 1.82) is 0 Å². The van der Waals surface area contributed by atoms with Gasteiger partial charge in [-0.1, -0.05) is 63.1 Å². The van der Waals surface area contributed by atoms with E-state index in [9.17, 15) is 43.7 Å². The fraction of sp³-hybridized carbons (Fsp3) is 0.459. The van der Waals surface area contributed by atoms with Crippen LogP contribution in [0.5, 0.6) is 0 Å². The normalized spacial score (nSPS) is 21.3. The van der Waals surface area contributed by atoms with Gasteiger partial charge in [-0.3, -0.25) is 13.7 Å². The fourth-order valence-corrected chi connectivity index (χ4v) is 9.09. The highest BCUT2D eigenvalue weighted by molar-refractivity contribution is 7.86. The lowest BCUT2D eigenvalue weighted by Gasteiger charge is -2.24. The molecule has 1 aliphatic carbocycles. The van der Waals surface area contributed by atoms with Gasteiger partial charge in [0.2, 0.25) is 5.69 Å². The Bertz CT molecular complexity index is 2140. The van der Waals surface area contributed by atoms with Gasteiger partial charge in [0.15, 0.2) is 5.71 Å². The van der Waals surface area contributed by atoms with Crippen LogP contribution in [0.1, 0.15) is 102 Å². The molecule has 0 radical (unpaired) electrons. The van der Waals surface area contributed by atoms with Crippen molar-refractivity contribution in [2.45, 2.75) is 106 Å². The molecule has 0 fully saturated rings. The molecule has 11 nitrogen and oxygen atoms in total. The molecule has 2 aliphatic rings. The molecule has 278 valence electrons. The first-order chi connectivity index (χ1) is 23.6. The second-order valence-electron chi connectivity index (χ2n) is 14.1. The first kappa shape index (κ1) is 40.5. The molecule has 4 rings (SSSR count). The number of allylic oxidation sites excluding steroid dienone is 6. The van der Waals surface area contributed by atoms with Crippen molar-refractivity contribution in [1.82, 2.24) is 0 Å². The topological polar surface area (TPSA) is 183 Å². The van der Waals surface area contributed by atoms with Gasteiger partial charge in [-0.2, -0.15) is 29.8 Å². The summed E-state index contributed by atoms with van der Waals surface area (Å²) < 4.78 is 102. The van der Waals surface area contributed by atoms with Crippen LogP contribution in [-0.4, -0.2) is 67.3 Å². The third kappa shape index (κ3) is 9.21. The third-order valence-electron chi connectivity index (χ3n) is 10.0. The quantitative estimate of drug-likeness (QED) is 0.0706. The fourth-order valence-electron chi connectivity index (χ4n) is 7.55. The van der Waals surface area contributed by atoms with Gasteiger partial charge < -0.3 is 4.79 Å². The number of hydrogen-bond donors (Lipinski definition) is 3. The summed E-state index contributed by atoms with van der Waals surface area (Å²) in [6.07, 6.45) is 13.4. The zero-order valence-electron chi connectivity index (χ0n) is 29.7. The predicted molar refractivity (Wildman–Crippen MR) is 197 cm³/mol. The van der Waals surface area contributed by atoms with E-state index in [1.54, 1.807) is 19.1 Å². The van der Waals surface area contributed by atoms with Gasteiger partial charge in [0, 0.05) is 41.9 Å². The lowest BCUT2D eigenvalue weighted by atomic mass is 9.75. The summed E-state index contributed by atoms with van der Waals surface area (Å²) in [5, 5.41) is 0. The Hall–Kier alpha value is -3.27. The maximum atomic E-state index is 12.1. The molecule has 2 unspecified atom stereocenters. The van der Waals surface area contributed by atoms with Crippen molar-refractivity contribution in [3.63, 3.8) is 0 Å². The van der Waals surface area contributed by atoms with Crippen molar-refractivity contribution in [2.75, 3.05) is 12.3 Å². The summed E-state index contributed by atoms with van der Waals surface area (Å²) in [6.45, 7) is 10.2. The van der Waals surface area contributed by atoms with E-state index in [1.807, 2.05) is 51.2 Å². The predicted octanol–water partition coefficient (Wildman–Crippen LogP) is 6.88.